The molecule has 0 spiro atoms. The average molecular weight is 1080 g/mol. The first-order chi connectivity index (χ1) is 7.20. The van der Waals surface area contributed by atoms with Crippen molar-refractivity contribution < 1.29 is 75.1 Å². The third-order valence-corrected chi connectivity index (χ3v) is 0. The quantitative estimate of drug-likeness (QED) is 0.0776. The summed E-state index contributed by atoms with van der Waals surface area (Å²) in [5.41, 5.74) is 0. The molecule has 0 saturated carbocycles. The van der Waals surface area contributed by atoms with Crippen molar-refractivity contribution in [1.29, 1.82) is 0 Å². The Morgan fingerprint density at radius 3 is 0.870 bits per heavy atom. The average Bonchev–Trinajstić information content (AvgIpc) is 1.73. The summed E-state index contributed by atoms with van der Waals surface area (Å²) in [5.74, 6) is 0. The van der Waals surface area contributed by atoms with E-state index in [0.29, 0.717) is 0 Å². The minimum Gasteiger partial charge on any atom is -2.00 e. The molecule has 0 aromatic heterocycles. The van der Waals surface area contributed by atoms with Gasteiger partial charge in [0, 0.05) is 17.1 Å². The molecule has 0 amide bonds. The van der Waals surface area contributed by atoms with Crippen molar-refractivity contribution in [3.05, 3.63) is 30.6 Å². The van der Waals surface area contributed by atoms with E-state index in [9.17, 15) is 0 Å². The number of hydrogen-bond acceptors (Lipinski definition) is 11. The van der Waals surface area contributed by atoms with Gasteiger partial charge in [-0.15, -0.1) is 11.4 Å². The maximum absolute atomic E-state index is 8.74. The maximum Gasteiger partial charge on any atom is -2.00 e. The molecule has 0 bridgehead atoms. The topological polar surface area (TPSA) is 270 Å². The van der Waals surface area contributed by atoms with Gasteiger partial charge in [0.1, 0.15) is 0 Å². The standard InChI is InChI=1S/2Cu.2NO3.H2O4S.H2O3S.3Pb.S.2H/c;;2*2-1(3)4;1-5(2,3)4;1-4(2)3;;;;;;/h;;;;(H2,1,2,3,4);(H2,1,2,3);;;;;;/q;+2;2*-1;;;;2*+2;-2;;/p-2. The summed E-state index contributed by atoms with van der Waals surface area (Å²) in [4.78, 5) is 16.5. The number of rotatable bonds is 0. The fourth-order valence-electron chi connectivity index (χ4n) is 0. The zero-order chi connectivity index (χ0) is 15.2. The molecule has 15 nitrogen and oxygen atoms in total. The molecule has 0 heterocycles. The largest absolute Gasteiger partial charge is 2.00 e. The van der Waals surface area contributed by atoms with Gasteiger partial charge >= 0.3 is 109 Å². The van der Waals surface area contributed by atoms with Crippen molar-refractivity contribution >= 4 is 117 Å². The van der Waals surface area contributed by atoms with Crippen molar-refractivity contribution in [3.8, 4) is 0 Å². The van der Waals surface area contributed by atoms with Gasteiger partial charge in [-0.3, -0.25) is 13.3 Å². The molecule has 0 rings (SSSR count). The Morgan fingerprint density at radius 1 is 0.870 bits per heavy atom. The summed E-state index contributed by atoms with van der Waals surface area (Å²) in [7, 11) is -4.67. The van der Waals surface area contributed by atoms with Gasteiger partial charge in [0.15, 0.2) is 0 Å². The maximum atomic E-state index is 8.74. The first-order valence-electron chi connectivity index (χ1n) is 2.29. The van der Waals surface area contributed by atoms with Crippen LogP contribution < -0.4 is 0 Å². The van der Waals surface area contributed by atoms with E-state index >= 15 is 0 Å². The third kappa shape index (κ3) is 1990. The molecule has 0 aliphatic heterocycles. The molecule has 2 N–H and O–H groups in total. The molecule has 0 aromatic rings. The summed E-state index contributed by atoms with van der Waals surface area (Å²) in [6.45, 7) is 0. The van der Waals surface area contributed by atoms with Gasteiger partial charge in [0.2, 0.25) is 0 Å². The first kappa shape index (κ1) is 63.7. The van der Waals surface area contributed by atoms with Crippen LogP contribution in [0.25, 0.3) is 0 Å². The van der Waals surface area contributed by atoms with E-state index in [1.54, 1.807) is 0 Å². The molecule has 0 unspecified atom stereocenters. The normalized spacial score (nSPS) is 6.13. The van der Waals surface area contributed by atoms with Gasteiger partial charge < -0.3 is 53.2 Å². The molecule has 0 aliphatic carbocycles. The predicted octanol–water partition coefficient (Wildman–Crippen LogP) is -3.82. The van der Waals surface area contributed by atoms with Gasteiger partial charge in [-0.2, -0.15) is 8.42 Å². The minimum absolute atomic E-state index is 0. The van der Waals surface area contributed by atoms with Crippen molar-refractivity contribution in [2.24, 2.45) is 0 Å². The van der Waals surface area contributed by atoms with Gasteiger partial charge in [-0.05, 0) is 0 Å². The van der Waals surface area contributed by atoms with E-state index in [1.165, 1.54) is 0 Å². The second-order valence-corrected chi connectivity index (χ2v) is 2.40. The van der Waals surface area contributed by atoms with Crippen LogP contribution in [0.15, 0.2) is 0 Å². The smallest absolute Gasteiger partial charge is 2.00 e. The van der Waals surface area contributed by atoms with E-state index in [4.69, 9.17) is 61.5 Å². The van der Waals surface area contributed by atoms with E-state index < -0.39 is 31.9 Å². The monoisotopic (exact) mass is 1090 g/mol. The Hall–Kier alpha value is 2.50. The third-order valence-electron chi connectivity index (χ3n) is 0. The Morgan fingerprint density at radius 2 is 0.870 bits per heavy atom. The van der Waals surface area contributed by atoms with E-state index in [0.717, 1.165) is 0 Å². The number of hydrogen-bond donors (Lipinski definition) is 2. The molecule has 0 aliphatic rings. The Labute approximate surface area is 219 Å². The summed E-state index contributed by atoms with van der Waals surface area (Å²) >= 11 is -3.11. The fraction of sp³-hybridized carbons (Fsp3) is 0. The molecule has 0 saturated heterocycles. The van der Waals surface area contributed by atoms with Crippen LogP contribution in [0.3, 0.4) is 0 Å². The van der Waals surface area contributed by atoms with Crippen molar-refractivity contribution in [2.75, 3.05) is 0 Å². The van der Waals surface area contributed by atoms with Crippen LogP contribution in [-0.4, -0.2) is 123 Å². The second kappa shape index (κ2) is 44.2. The van der Waals surface area contributed by atoms with Crippen LogP contribution in [0.5, 0.6) is 0 Å². The van der Waals surface area contributed by atoms with Crippen LogP contribution in [-0.2, 0) is 69.4 Å². The molecule has 23 heavy (non-hydrogen) atoms. The van der Waals surface area contributed by atoms with E-state index in [-0.39, 0.29) is 130 Å². The summed E-state index contributed by atoms with van der Waals surface area (Å²) in [6, 6.07) is 0. The van der Waals surface area contributed by atoms with Crippen molar-refractivity contribution in [3.63, 3.8) is 0 Å². The molecule has 23 heteroatoms. The Bertz CT molecular complexity index is 289. The van der Waals surface area contributed by atoms with Crippen molar-refractivity contribution in [1.82, 2.24) is 0 Å². The fourth-order valence-corrected chi connectivity index (χ4v) is 0. The molecule has 144 valence electrons. The van der Waals surface area contributed by atoms with Crippen LogP contribution in [0, 0.1) is 30.6 Å². The zero-order valence-corrected chi connectivity index (χ0v) is 27.4. The number of nitrogens with zero attached hydrogens (tertiary/aromatic N) is 2. The van der Waals surface area contributed by atoms with Crippen LogP contribution >= 0.6 is 0 Å². The molecular formula is H4Cu2N2O13Pb3S3. The van der Waals surface area contributed by atoms with E-state index in [1.807, 2.05) is 0 Å². The molecule has 8 radical (unpaired) electrons. The molecule has 0 fully saturated rings. The van der Waals surface area contributed by atoms with Crippen LogP contribution in [0.1, 0.15) is 0 Å². The molecular weight excluding hydrogens is 1080 g/mol. The van der Waals surface area contributed by atoms with Crippen molar-refractivity contribution in [2.45, 2.75) is 0 Å². The van der Waals surface area contributed by atoms with Crippen LogP contribution in [0.2, 0.25) is 0 Å². The summed E-state index contributed by atoms with van der Waals surface area (Å²) < 4.78 is 56.9. The van der Waals surface area contributed by atoms with E-state index in [2.05, 4.69) is 0 Å². The second-order valence-electron chi connectivity index (χ2n) is 1.10. The van der Waals surface area contributed by atoms with Crippen LogP contribution in [0.4, 0.5) is 0 Å². The predicted molar refractivity (Wildman–Crippen MR) is 72.0 cm³/mol. The van der Waals surface area contributed by atoms with Gasteiger partial charge in [-0.25, -0.2) is 0 Å². The summed E-state index contributed by atoms with van der Waals surface area (Å²) in [6.07, 6.45) is 0. The first-order valence-corrected chi connectivity index (χ1v) is 4.69. The minimum atomic E-state index is -4.67. The molecule has 0 aromatic carbocycles. The van der Waals surface area contributed by atoms with Gasteiger partial charge in [0.05, 0.1) is 10.2 Å². The Balaban J connectivity index is -0.0000000113. The van der Waals surface area contributed by atoms with Gasteiger partial charge in [-0.1, -0.05) is 0 Å². The Kier molecular flexibility index (Phi) is 122. The van der Waals surface area contributed by atoms with Gasteiger partial charge in [0.25, 0.3) is 0 Å². The zero-order valence-electron chi connectivity index (χ0n) is 9.81. The SMILES string of the molecule is O=S(=O)(O)O.O=S([O-])[O-].O=[N+]([O-])[O-].O=[N+]([O-])[O-].[Cu+2].[Cu].[Pb+2].[Pb+2].[PbH2].[S-2]. The summed E-state index contributed by atoms with van der Waals surface area (Å²) in [5, 5.41) is 29.5. The molecule has 0 atom stereocenters.